The maximum Gasteiger partial charge on any atom is 0.274 e. The van der Waals surface area contributed by atoms with Crippen molar-refractivity contribution in [2.45, 2.75) is 38.0 Å². The van der Waals surface area contributed by atoms with Crippen molar-refractivity contribution in [2.24, 2.45) is 0 Å². The second kappa shape index (κ2) is 7.85. The molecule has 2 aromatic heterocycles. The third-order valence-electron chi connectivity index (χ3n) is 4.60. The number of benzene rings is 1. The lowest BCUT2D eigenvalue weighted by atomic mass is 10.2. The number of thiophene rings is 1. The third kappa shape index (κ3) is 3.71. The highest BCUT2D eigenvalue weighted by molar-refractivity contribution is 7.13. The smallest absolute Gasteiger partial charge is 0.274 e. The molecule has 3 aromatic rings. The molecule has 2 heterocycles. The average molecular weight is 368 g/mol. The van der Waals surface area contributed by atoms with E-state index in [9.17, 15) is 4.79 Å². The topological polar surface area (TPSA) is 64.4 Å². The van der Waals surface area contributed by atoms with Crippen LogP contribution in [0.15, 0.2) is 58.7 Å². The summed E-state index contributed by atoms with van der Waals surface area (Å²) in [5.74, 6) is 0.319. The Kier molecular flexibility index (Phi) is 5.13. The highest BCUT2D eigenvalue weighted by atomic mass is 32.1. The van der Waals surface area contributed by atoms with Crippen LogP contribution in [0.25, 0.3) is 10.6 Å². The zero-order valence-electron chi connectivity index (χ0n) is 14.3. The molecule has 0 radical (unpaired) electrons. The van der Waals surface area contributed by atoms with Crippen molar-refractivity contribution in [3.8, 4) is 10.6 Å². The standard InChI is InChI=1S/C20H20N2O3S/c23-20(18-19(25-13-21-18)17-10-5-11-26-17)22-15-8-4-9-16(15)24-12-14-6-2-1-3-7-14/h1-3,5-7,10-11,13,15-16H,4,8-9,12H2,(H,22,23)/t15-,16+/m0/s1. The minimum absolute atomic E-state index is 0.000835. The zero-order valence-corrected chi connectivity index (χ0v) is 15.1. The molecule has 0 unspecified atom stereocenters. The van der Waals surface area contributed by atoms with Gasteiger partial charge in [0.05, 0.1) is 23.6 Å². The second-order valence-corrected chi connectivity index (χ2v) is 7.30. The molecule has 1 aliphatic carbocycles. The molecule has 2 atom stereocenters. The van der Waals surface area contributed by atoms with E-state index < -0.39 is 0 Å². The molecule has 1 saturated carbocycles. The van der Waals surface area contributed by atoms with Crippen LogP contribution in [0.1, 0.15) is 35.3 Å². The Bertz CT molecular complexity index is 845. The van der Waals surface area contributed by atoms with Crippen LogP contribution in [-0.2, 0) is 11.3 Å². The van der Waals surface area contributed by atoms with E-state index in [1.54, 1.807) is 0 Å². The Labute approximate surface area is 156 Å². The lowest BCUT2D eigenvalue weighted by Gasteiger charge is -2.21. The van der Waals surface area contributed by atoms with Gasteiger partial charge in [-0.1, -0.05) is 36.4 Å². The number of rotatable bonds is 6. The number of aromatic nitrogens is 1. The molecule has 4 rings (SSSR count). The van der Waals surface area contributed by atoms with Gasteiger partial charge in [-0.25, -0.2) is 4.98 Å². The minimum atomic E-state index is -0.206. The summed E-state index contributed by atoms with van der Waals surface area (Å²) in [6.45, 7) is 0.558. The summed E-state index contributed by atoms with van der Waals surface area (Å²) >= 11 is 1.52. The van der Waals surface area contributed by atoms with Crippen LogP contribution in [-0.4, -0.2) is 23.0 Å². The van der Waals surface area contributed by atoms with Crippen LogP contribution in [0, 0.1) is 0 Å². The molecular weight excluding hydrogens is 348 g/mol. The van der Waals surface area contributed by atoms with Gasteiger partial charge < -0.3 is 14.5 Å². The lowest BCUT2D eigenvalue weighted by Crippen LogP contribution is -2.41. The fourth-order valence-electron chi connectivity index (χ4n) is 3.30. The molecule has 1 fully saturated rings. The molecule has 134 valence electrons. The van der Waals surface area contributed by atoms with E-state index in [-0.39, 0.29) is 18.1 Å². The number of amides is 1. The highest BCUT2D eigenvalue weighted by Gasteiger charge is 2.31. The van der Waals surface area contributed by atoms with E-state index in [4.69, 9.17) is 9.15 Å². The number of ether oxygens (including phenoxy) is 1. The summed E-state index contributed by atoms with van der Waals surface area (Å²) in [6.07, 6.45) is 4.26. The number of carbonyl (C=O) groups is 1. The fraction of sp³-hybridized carbons (Fsp3) is 0.300. The first-order chi connectivity index (χ1) is 12.8. The lowest BCUT2D eigenvalue weighted by molar-refractivity contribution is 0.0271. The van der Waals surface area contributed by atoms with Gasteiger partial charge in [0, 0.05) is 0 Å². The highest BCUT2D eigenvalue weighted by Crippen LogP contribution is 2.28. The molecule has 1 aliphatic rings. The van der Waals surface area contributed by atoms with Crippen LogP contribution >= 0.6 is 11.3 Å². The van der Waals surface area contributed by atoms with Gasteiger partial charge in [-0.15, -0.1) is 11.3 Å². The summed E-state index contributed by atoms with van der Waals surface area (Å²) in [7, 11) is 0. The van der Waals surface area contributed by atoms with Crippen molar-refractivity contribution in [1.82, 2.24) is 10.3 Å². The third-order valence-corrected chi connectivity index (χ3v) is 5.47. The maximum absolute atomic E-state index is 12.7. The summed E-state index contributed by atoms with van der Waals surface area (Å²) in [5, 5.41) is 5.04. The normalized spacial score (nSPS) is 19.5. The summed E-state index contributed by atoms with van der Waals surface area (Å²) in [6, 6.07) is 13.9. The molecule has 0 bridgehead atoms. The number of hydrogen-bond donors (Lipinski definition) is 1. The Morgan fingerprint density at radius 1 is 1.23 bits per heavy atom. The first-order valence-electron chi connectivity index (χ1n) is 8.75. The monoisotopic (exact) mass is 368 g/mol. The maximum atomic E-state index is 12.7. The van der Waals surface area contributed by atoms with Crippen LogP contribution in [0.5, 0.6) is 0 Å². The van der Waals surface area contributed by atoms with Crippen molar-refractivity contribution < 1.29 is 13.9 Å². The zero-order chi connectivity index (χ0) is 17.8. The molecule has 6 heteroatoms. The van der Waals surface area contributed by atoms with Crippen LogP contribution in [0.3, 0.4) is 0 Å². The molecule has 26 heavy (non-hydrogen) atoms. The van der Waals surface area contributed by atoms with Gasteiger partial charge >= 0.3 is 0 Å². The van der Waals surface area contributed by atoms with Gasteiger partial charge in [0.25, 0.3) is 5.91 Å². The van der Waals surface area contributed by atoms with Crippen molar-refractivity contribution in [3.05, 3.63) is 65.5 Å². The average Bonchev–Trinajstić information content (AvgIpc) is 3.41. The number of carbonyl (C=O) groups excluding carboxylic acids is 1. The Morgan fingerprint density at radius 3 is 2.92 bits per heavy atom. The molecule has 1 N–H and O–H groups in total. The van der Waals surface area contributed by atoms with Gasteiger partial charge in [-0.2, -0.15) is 0 Å². The predicted octanol–water partition coefficient (Wildman–Crippen LogP) is 4.27. The Balaban J connectivity index is 1.40. The van der Waals surface area contributed by atoms with Crippen molar-refractivity contribution >= 4 is 17.2 Å². The van der Waals surface area contributed by atoms with E-state index in [0.29, 0.717) is 18.1 Å². The van der Waals surface area contributed by atoms with Gasteiger partial charge in [-0.3, -0.25) is 4.79 Å². The number of hydrogen-bond acceptors (Lipinski definition) is 5. The molecule has 0 spiro atoms. The van der Waals surface area contributed by atoms with Gasteiger partial charge in [0.1, 0.15) is 0 Å². The number of nitrogens with zero attached hydrogens (tertiary/aromatic N) is 1. The predicted molar refractivity (Wildman–Crippen MR) is 99.9 cm³/mol. The van der Waals surface area contributed by atoms with Crippen LogP contribution in [0.2, 0.25) is 0 Å². The van der Waals surface area contributed by atoms with Crippen LogP contribution < -0.4 is 5.32 Å². The molecule has 1 amide bonds. The molecule has 0 saturated heterocycles. The van der Waals surface area contributed by atoms with Crippen molar-refractivity contribution in [2.75, 3.05) is 0 Å². The van der Waals surface area contributed by atoms with E-state index in [2.05, 4.69) is 10.3 Å². The summed E-state index contributed by atoms with van der Waals surface area (Å²) in [5.41, 5.74) is 1.47. The van der Waals surface area contributed by atoms with E-state index in [1.807, 2.05) is 47.8 Å². The fourth-order valence-corrected chi connectivity index (χ4v) is 4.01. The number of oxazole rings is 1. The molecule has 1 aromatic carbocycles. The van der Waals surface area contributed by atoms with E-state index >= 15 is 0 Å². The van der Waals surface area contributed by atoms with Crippen LogP contribution in [0.4, 0.5) is 0 Å². The quantitative estimate of drug-likeness (QED) is 0.706. The molecule has 0 aliphatic heterocycles. The van der Waals surface area contributed by atoms with E-state index in [0.717, 1.165) is 29.7 Å². The second-order valence-electron chi connectivity index (χ2n) is 6.35. The van der Waals surface area contributed by atoms with Crippen molar-refractivity contribution in [1.29, 1.82) is 0 Å². The van der Waals surface area contributed by atoms with E-state index in [1.165, 1.54) is 17.7 Å². The molecular formula is C20H20N2O3S. The van der Waals surface area contributed by atoms with Crippen molar-refractivity contribution in [3.63, 3.8) is 0 Å². The SMILES string of the molecule is O=C(N[C@H]1CCC[C@H]1OCc1ccccc1)c1ncoc1-c1cccs1. The number of nitrogens with one attached hydrogen (secondary N) is 1. The first kappa shape index (κ1) is 17.0. The Morgan fingerprint density at radius 2 is 2.12 bits per heavy atom. The van der Waals surface area contributed by atoms with Gasteiger partial charge in [-0.05, 0) is 36.3 Å². The van der Waals surface area contributed by atoms with Gasteiger partial charge in [0.15, 0.2) is 17.8 Å². The van der Waals surface area contributed by atoms with Gasteiger partial charge in [0.2, 0.25) is 0 Å². The Hall–Kier alpha value is -2.44. The molecule has 5 nitrogen and oxygen atoms in total. The largest absolute Gasteiger partial charge is 0.442 e. The first-order valence-corrected chi connectivity index (χ1v) is 9.63. The summed E-state index contributed by atoms with van der Waals surface area (Å²) in [4.78, 5) is 17.7. The summed E-state index contributed by atoms with van der Waals surface area (Å²) < 4.78 is 11.5. The minimum Gasteiger partial charge on any atom is -0.442 e.